The number of carbonyl (C=O) groups excluding carboxylic acids is 1. The van der Waals surface area contributed by atoms with Crippen molar-refractivity contribution in [3.05, 3.63) is 41.6 Å². The molecule has 0 saturated carbocycles. The van der Waals surface area contributed by atoms with E-state index < -0.39 is 0 Å². The summed E-state index contributed by atoms with van der Waals surface area (Å²) in [7, 11) is 1.72. The molecule has 4 rings (SSSR count). The number of likely N-dealkylation sites (tertiary alicyclic amines) is 1. The number of para-hydroxylation sites is 1. The minimum Gasteiger partial charge on any atom is -0.379 e. The first-order valence-corrected chi connectivity index (χ1v) is 7.82. The van der Waals surface area contributed by atoms with Crippen LogP contribution in [-0.4, -0.2) is 49.6 Å². The molecule has 0 spiro atoms. The molecule has 1 aromatic rings. The number of carbonyl (C=O) groups is 1. The summed E-state index contributed by atoms with van der Waals surface area (Å²) >= 11 is 0. The van der Waals surface area contributed by atoms with Gasteiger partial charge in [0, 0.05) is 26.4 Å². The van der Waals surface area contributed by atoms with Gasteiger partial charge in [-0.25, -0.2) is 5.43 Å². The molecule has 3 N–H and O–H groups in total. The lowest BCUT2D eigenvalue weighted by atomic mass is 10.1. The molecule has 2 atom stereocenters. The first-order valence-electron chi connectivity index (χ1n) is 7.82. The third-order valence-corrected chi connectivity index (χ3v) is 4.65. The molecule has 2 fully saturated rings. The van der Waals surface area contributed by atoms with Crippen LogP contribution in [-0.2, 0) is 9.53 Å². The van der Waals surface area contributed by atoms with Crippen LogP contribution >= 0.6 is 0 Å². The lowest BCUT2D eigenvalue weighted by Crippen LogP contribution is -2.72. The van der Waals surface area contributed by atoms with Crippen LogP contribution in [0.2, 0.25) is 0 Å². The standard InChI is InChI=1S/C16H21N5O2/c1-10-5-3-4-6-13(10)21-9-12-14(19-21)17-16(18-15(12)22)20-7-11(8-20)23-2/h3-6,9,11,14,16-17,19H,7-8H2,1-2H3,(H,18,22). The number of nitrogens with zero attached hydrogens (tertiary/aromatic N) is 2. The van der Waals surface area contributed by atoms with E-state index >= 15 is 0 Å². The average Bonchev–Trinajstić information content (AvgIpc) is 2.91. The summed E-state index contributed by atoms with van der Waals surface area (Å²) in [5, 5.41) is 8.35. The zero-order valence-electron chi connectivity index (χ0n) is 13.2. The van der Waals surface area contributed by atoms with Crippen molar-refractivity contribution in [1.82, 2.24) is 21.0 Å². The minimum absolute atomic E-state index is 0.0387. The quantitative estimate of drug-likeness (QED) is 0.722. The number of amides is 1. The largest absolute Gasteiger partial charge is 0.379 e. The van der Waals surface area contributed by atoms with E-state index in [-0.39, 0.29) is 24.5 Å². The molecule has 2 saturated heterocycles. The second kappa shape index (κ2) is 5.61. The summed E-state index contributed by atoms with van der Waals surface area (Å²) in [6.45, 7) is 3.70. The number of hydrogen-bond donors (Lipinski definition) is 3. The Morgan fingerprint density at radius 1 is 1.26 bits per heavy atom. The molecule has 0 aliphatic carbocycles. The van der Waals surface area contributed by atoms with E-state index in [4.69, 9.17) is 4.74 Å². The van der Waals surface area contributed by atoms with Gasteiger partial charge in [0.15, 0.2) is 0 Å². The molecule has 2 unspecified atom stereocenters. The maximum Gasteiger partial charge on any atom is 0.254 e. The van der Waals surface area contributed by atoms with Crippen molar-refractivity contribution in [2.24, 2.45) is 0 Å². The van der Waals surface area contributed by atoms with Crippen molar-refractivity contribution in [3.63, 3.8) is 0 Å². The fourth-order valence-corrected chi connectivity index (χ4v) is 3.18. The molecule has 7 nitrogen and oxygen atoms in total. The van der Waals surface area contributed by atoms with Crippen molar-refractivity contribution < 1.29 is 9.53 Å². The van der Waals surface area contributed by atoms with E-state index in [0.717, 1.165) is 24.3 Å². The highest BCUT2D eigenvalue weighted by Gasteiger charge is 2.41. The van der Waals surface area contributed by atoms with Crippen LogP contribution in [0, 0.1) is 6.92 Å². The lowest BCUT2D eigenvalue weighted by molar-refractivity contribution is -0.126. The second-order valence-corrected chi connectivity index (χ2v) is 6.16. The number of hydrogen-bond acceptors (Lipinski definition) is 6. The molecule has 1 aromatic carbocycles. The average molecular weight is 315 g/mol. The Kier molecular flexibility index (Phi) is 3.57. The summed E-state index contributed by atoms with van der Waals surface area (Å²) in [6, 6.07) is 8.08. The molecule has 3 aliphatic rings. The van der Waals surface area contributed by atoms with Crippen LogP contribution in [0.25, 0.3) is 0 Å². The van der Waals surface area contributed by atoms with Crippen LogP contribution in [0.15, 0.2) is 36.0 Å². The molecule has 1 amide bonds. The van der Waals surface area contributed by atoms with Crippen LogP contribution in [0.3, 0.4) is 0 Å². The van der Waals surface area contributed by atoms with E-state index in [0.29, 0.717) is 5.57 Å². The van der Waals surface area contributed by atoms with Gasteiger partial charge in [-0.3, -0.25) is 20.0 Å². The van der Waals surface area contributed by atoms with Crippen molar-refractivity contribution >= 4 is 11.6 Å². The maximum atomic E-state index is 12.4. The normalized spacial score (nSPS) is 28.2. The number of aryl methyl sites for hydroxylation is 1. The molecule has 0 radical (unpaired) electrons. The van der Waals surface area contributed by atoms with Gasteiger partial charge in [-0.1, -0.05) is 18.2 Å². The van der Waals surface area contributed by atoms with Crippen LogP contribution < -0.4 is 21.1 Å². The summed E-state index contributed by atoms with van der Waals surface area (Å²) in [5.41, 5.74) is 6.25. The van der Waals surface area contributed by atoms with Crippen LogP contribution in [0.5, 0.6) is 0 Å². The van der Waals surface area contributed by atoms with E-state index in [2.05, 4.69) is 33.9 Å². The first kappa shape index (κ1) is 14.6. The third-order valence-electron chi connectivity index (χ3n) is 4.65. The number of hydrazine groups is 1. The number of fused-ring (bicyclic) bond motifs is 1. The van der Waals surface area contributed by atoms with Gasteiger partial charge in [0.2, 0.25) is 0 Å². The summed E-state index contributed by atoms with van der Waals surface area (Å²) < 4.78 is 5.29. The third kappa shape index (κ3) is 2.51. The summed E-state index contributed by atoms with van der Waals surface area (Å²) in [6.07, 6.45) is 1.76. The zero-order valence-corrected chi connectivity index (χ0v) is 13.2. The number of ether oxygens (including phenoxy) is 1. The molecule has 0 aromatic heterocycles. The Hall–Kier alpha value is -1.93. The van der Waals surface area contributed by atoms with Gasteiger partial charge < -0.3 is 10.1 Å². The smallest absolute Gasteiger partial charge is 0.254 e. The molecular formula is C16H21N5O2. The van der Waals surface area contributed by atoms with Gasteiger partial charge in [-0.15, -0.1) is 0 Å². The highest BCUT2D eigenvalue weighted by Crippen LogP contribution is 2.25. The van der Waals surface area contributed by atoms with E-state index in [1.165, 1.54) is 0 Å². The Morgan fingerprint density at radius 3 is 2.78 bits per heavy atom. The van der Waals surface area contributed by atoms with Crippen LogP contribution in [0.4, 0.5) is 5.69 Å². The SMILES string of the molecule is COC1CN(C2NC(=O)C3=CN(c4ccccc4C)NC3N2)C1. The topological polar surface area (TPSA) is 68.9 Å². The highest BCUT2D eigenvalue weighted by molar-refractivity contribution is 5.96. The van der Waals surface area contributed by atoms with E-state index in [1.54, 1.807) is 7.11 Å². The number of rotatable bonds is 3. The number of benzene rings is 1. The molecule has 3 heterocycles. The van der Waals surface area contributed by atoms with Crippen molar-refractivity contribution in [1.29, 1.82) is 0 Å². The van der Waals surface area contributed by atoms with Gasteiger partial charge in [-0.05, 0) is 18.6 Å². The number of methoxy groups -OCH3 is 1. The molecule has 23 heavy (non-hydrogen) atoms. The van der Waals surface area contributed by atoms with Crippen molar-refractivity contribution in [3.8, 4) is 0 Å². The van der Waals surface area contributed by atoms with Crippen molar-refractivity contribution in [2.75, 3.05) is 25.2 Å². The summed E-state index contributed by atoms with van der Waals surface area (Å²) in [4.78, 5) is 14.6. The van der Waals surface area contributed by atoms with Gasteiger partial charge in [-0.2, -0.15) is 0 Å². The molecule has 0 bridgehead atoms. The fourth-order valence-electron chi connectivity index (χ4n) is 3.18. The number of nitrogens with one attached hydrogen (secondary N) is 3. The minimum atomic E-state index is -0.185. The van der Waals surface area contributed by atoms with E-state index in [9.17, 15) is 4.79 Å². The van der Waals surface area contributed by atoms with Crippen molar-refractivity contribution in [2.45, 2.75) is 25.5 Å². The molecule has 3 aliphatic heterocycles. The number of anilines is 1. The van der Waals surface area contributed by atoms with Gasteiger partial charge >= 0.3 is 0 Å². The second-order valence-electron chi connectivity index (χ2n) is 6.16. The fraction of sp³-hybridized carbons (Fsp3) is 0.438. The molecule has 122 valence electrons. The predicted octanol–water partition coefficient (Wildman–Crippen LogP) is -0.137. The van der Waals surface area contributed by atoms with Gasteiger partial charge in [0.25, 0.3) is 5.91 Å². The highest BCUT2D eigenvalue weighted by atomic mass is 16.5. The maximum absolute atomic E-state index is 12.4. The monoisotopic (exact) mass is 315 g/mol. The Morgan fingerprint density at radius 2 is 2.04 bits per heavy atom. The Balaban J connectivity index is 1.48. The van der Waals surface area contributed by atoms with Crippen LogP contribution in [0.1, 0.15) is 5.56 Å². The van der Waals surface area contributed by atoms with Gasteiger partial charge in [0.05, 0.1) is 17.4 Å². The first-order chi connectivity index (χ1) is 11.2. The Bertz CT molecular complexity index is 656. The van der Waals surface area contributed by atoms with Gasteiger partial charge in [0.1, 0.15) is 12.5 Å². The molecular weight excluding hydrogens is 294 g/mol. The lowest BCUT2D eigenvalue weighted by Gasteiger charge is -2.46. The summed E-state index contributed by atoms with van der Waals surface area (Å²) in [5.74, 6) is -0.0387. The zero-order chi connectivity index (χ0) is 16.0. The molecule has 7 heteroatoms. The van der Waals surface area contributed by atoms with E-state index in [1.807, 2.05) is 29.4 Å². The predicted molar refractivity (Wildman–Crippen MR) is 86.1 cm³/mol. The Labute approximate surface area is 135 Å².